The number of halogens is 3. The predicted octanol–water partition coefficient (Wildman–Crippen LogP) is 3.52. The van der Waals surface area contributed by atoms with Crippen molar-refractivity contribution in [2.75, 3.05) is 13.1 Å². The third-order valence-corrected chi connectivity index (χ3v) is 8.66. The van der Waals surface area contributed by atoms with Crippen molar-refractivity contribution in [1.29, 1.82) is 0 Å². The quantitative estimate of drug-likeness (QED) is 0.727. The van der Waals surface area contributed by atoms with Crippen LogP contribution in [0.2, 0.25) is 0 Å². The van der Waals surface area contributed by atoms with Crippen LogP contribution in [0.4, 0.5) is 18.0 Å². The number of hydrogen-bond donors (Lipinski definition) is 1. The Balaban J connectivity index is 1.60. The SMILES string of the molecule is Cc1c(CN2CCNC2=O)sc2c1c(=O)n(C1CC3(CCC3)C1)c(=O)n2CCC(F)(F)F. The van der Waals surface area contributed by atoms with Crippen molar-refractivity contribution in [1.82, 2.24) is 19.4 Å². The number of nitrogens with one attached hydrogen (secondary N) is 1. The third kappa shape index (κ3) is 3.45. The molecule has 11 heteroatoms. The Hall–Kier alpha value is -2.30. The number of hydrogen-bond acceptors (Lipinski definition) is 4. The van der Waals surface area contributed by atoms with Gasteiger partial charge in [0.2, 0.25) is 0 Å². The lowest BCUT2D eigenvalue weighted by Gasteiger charge is -2.54. The molecule has 1 saturated heterocycles. The lowest BCUT2D eigenvalue weighted by molar-refractivity contribution is -0.136. The highest BCUT2D eigenvalue weighted by molar-refractivity contribution is 7.18. The second-order valence-corrected chi connectivity index (χ2v) is 10.5. The summed E-state index contributed by atoms with van der Waals surface area (Å²) in [5.41, 5.74) is -0.224. The van der Waals surface area contributed by atoms with E-state index in [0.717, 1.165) is 52.9 Å². The van der Waals surface area contributed by atoms with Gasteiger partial charge in [-0.1, -0.05) is 6.42 Å². The van der Waals surface area contributed by atoms with E-state index in [0.29, 0.717) is 24.0 Å². The van der Waals surface area contributed by atoms with Crippen molar-refractivity contribution in [2.24, 2.45) is 5.41 Å². The lowest BCUT2D eigenvalue weighted by atomic mass is 9.54. The second kappa shape index (κ2) is 7.36. The number of aromatic nitrogens is 2. The molecular formula is C21H25F3N4O3S. The summed E-state index contributed by atoms with van der Waals surface area (Å²) < 4.78 is 41.4. The minimum atomic E-state index is -4.41. The van der Waals surface area contributed by atoms with E-state index in [1.807, 2.05) is 0 Å². The topological polar surface area (TPSA) is 76.3 Å². The zero-order valence-corrected chi connectivity index (χ0v) is 18.6. The van der Waals surface area contributed by atoms with Gasteiger partial charge in [-0.25, -0.2) is 9.59 Å². The molecule has 0 bridgehead atoms. The first-order valence-electron chi connectivity index (χ1n) is 11.0. The smallest absolute Gasteiger partial charge is 0.336 e. The molecule has 2 saturated carbocycles. The van der Waals surface area contributed by atoms with Gasteiger partial charge in [0.05, 0.1) is 18.4 Å². The number of alkyl halides is 3. The van der Waals surface area contributed by atoms with Gasteiger partial charge in [-0.05, 0) is 43.6 Å². The second-order valence-electron chi connectivity index (χ2n) is 9.37. The van der Waals surface area contributed by atoms with Crippen LogP contribution >= 0.6 is 11.3 Å². The summed E-state index contributed by atoms with van der Waals surface area (Å²) in [4.78, 5) is 41.3. The summed E-state index contributed by atoms with van der Waals surface area (Å²) in [5.74, 6) is 0. The van der Waals surface area contributed by atoms with E-state index >= 15 is 0 Å². The molecule has 1 aliphatic heterocycles. The fraction of sp³-hybridized carbons (Fsp3) is 0.667. The van der Waals surface area contributed by atoms with Crippen molar-refractivity contribution in [3.05, 3.63) is 31.3 Å². The molecule has 0 atom stereocenters. The van der Waals surface area contributed by atoms with Gasteiger partial charge in [-0.3, -0.25) is 13.9 Å². The monoisotopic (exact) mass is 470 g/mol. The van der Waals surface area contributed by atoms with Gasteiger partial charge < -0.3 is 10.2 Å². The number of nitrogens with zero attached hydrogens (tertiary/aromatic N) is 3. The first-order valence-corrected chi connectivity index (χ1v) is 11.8. The van der Waals surface area contributed by atoms with E-state index in [2.05, 4.69) is 5.32 Å². The minimum Gasteiger partial charge on any atom is -0.336 e. The number of urea groups is 1. The third-order valence-electron chi connectivity index (χ3n) is 7.36. The summed E-state index contributed by atoms with van der Waals surface area (Å²) >= 11 is 1.14. The van der Waals surface area contributed by atoms with Crippen LogP contribution in [0.3, 0.4) is 0 Å². The van der Waals surface area contributed by atoms with E-state index in [9.17, 15) is 27.6 Å². The molecule has 2 aromatic rings. The number of amides is 2. The molecule has 3 aliphatic rings. The van der Waals surface area contributed by atoms with Crippen LogP contribution in [-0.4, -0.2) is 39.3 Å². The Morgan fingerprint density at radius 3 is 2.47 bits per heavy atom. The molecule has 2 amide bonds. The molecule has 2 aromatic heterocycles. The first-order chi connectivity index (χ1) is 15.1. The molecule has 5 rings (SSSR count). The fourth-order valence-corrected chi connectivity index (χ4v) is 6.69. The van der Waals surface area contributed by atoms with Gasteiger partial charge in [0, 0.05) is 30.6 Å². The summed E-state index contributed by atoms with van der Waals surface area (Å²) in [6, 6.07) is -0.474. The summed E-state index contributed by atoms with van der Waals surface area (Å²) in [6.45, 7) is 2.52. The number of rotatable bonds is 5. The number of aryl methyl sites for hydroxylation is 2. The molecule has 0 aromatic carbocycles. The largest absolute Gasteiger partial charge is 0.390 e. The molecule has 174 valence electrons. The highest BCUT2D eigenvalue weighted by Gasteiger charge is 2.49. The molecule has 1 N–H and O–H groups in total. The normalized spacial score (nSPS) is 20.6. The van der Waals surface area contributed by atoms with Crippen LogP contribution in [0, 0.1) is 12.3 Å². The van der Waals surface area contributed by atoms with Gasteiger partial charge in [-0.15, -0.1) is 11.3 Å². The number of carbonyl (C=O) groups is 1. The van der Waals surface area contributed by atoms with Crippen molar-refractivity contribution in [2.45, 2.75) is 70.8 Å². The van der Waals surface area contributed by atoms with Gasteiger partial charge in [0.1, 0.15) is 4.83 Å². The van der Waals surface area contributed by atoms with Crippen LogP contribution in [0.15, 0.2) is 9.59 Å². The minimum absolute atomic E-state index is 0.209. The summed E-state index contributed by atoms with van der Waals surface area (Å²) in [5, 5.41) is 3.02. The maximum atomic E-state index is 13.4. The van der Waals surface area contributed by atoms with E-state index in [-0.39, 0.29) is 28.9 Å². The van der Waals surface area contributed by atoms with Gasteiger partial charge in [0.25, 0.3) is 5.56 Å². The molecule has 0 radical (unpaired) electrons. The van der Waals surface area contributed by atoms with Gasteiger partial charge in [0.15, 0.2) is 0 Å². The molecule has 3 heterocycles. The van der Waals surface area contributed by atoms with Crippen molar-refractivity contribution >= 4 is 27.6 Å². The fourth-order valence-electron chi connectivity index (χ4n) is 5.36. The zero-order valence-electron chi connectivity index (χ0n) is 17.8. The molecule has 1 spiro atoms. The average molecular weight is 471 g/mol. The van der Waals surface area contributed by atoms with Gasteiger partial charge >= 0.3 is 17.9 Å². The van der Waals surface area contributed by atoms with Crippen LogP contribution in [-0.2, 0) is 13.1 Å². The number of fused-ring (bicyclic) bond motifs is 1. The Morgan fingerprint density at radius 2 is 1.91 bits per heavy atom. The van der Waals surface area contributed by atoms with Crippen molar-refractivity contribution < 1.29 is 18.0 Å². The maximum absolute atomic E-state index is 13.4. The van der Waals surface area contributed by atoms with Crippen LogP contribution in [0.5, 0.6) is 0 Å². The van der Waals surface area contributed by atoms with Gasteiger partial charge in [-0.2, -0.15) is 13.2 Å². The van der Waals surface area contributed by atoms with Crippen LogP contribution < -0.4 is 16.6 Å². The Bertz CT molecular complexity index is 1200. The first kappa shape index (κ1) is 21.5. The summed E-state index contributed by atoms with van der Waals surface area (Å²) in [7, 11) is 0. The van der Waals surface area contributed by atoms with E-state index < -0.39 is 30.4 Å². The highest BCUT2D eigenvalue weighted by Crippen LogP contribution is 2.59. The Labute approximate surface area is 185 Å². The molecular weight excluding hydrogens is 445 g/mol. The standard InChI is InChI=1S/C21H25F3N4O3S/c1-12-14(11-26-8-6-25-18(26)30)32-17-15(12)16(29)28(13-9-20(10-13)3-2-4-20)19(31)27(17)7-5-21(22,23)24/h13H,2-11H2,1H3,(H,25,30). The van der Waals surface area contributed by atoms with Crippen LogP contribution in [0.1, 0.15) is 55.0 Å². The number of thiophene rings is 1. The van der Waals surface area contributed by atoms with E-state index in [4.69, 9.17) is 0 Å². The molecule has 3 fully saturated rings. The van der Waals surface area contributed by atoms with Crippen LogP contribution in [0.25, 0.3) is 10.2 Å². The lowest BCUT2D eigenvalue weighted by Crippen LogP contribution is -2.51. The molecule has 2 aliphatic carbocycles. The molecule has 7 nitrogen and oxygen atoms in total. The van der Waals surface area contributed by atoms with Crippen molar-refractivity contribution in [3.8, 4) is 0 Å². The number of carbonyl (C=O) groups excluding carboxylic acids is 1. The predicted molar refractivity (Wildman–Crippen MR) is 114 cm³/mol. The van der Waals surface area contributed by atoms with E-state index in [1.165, 1.54) is 4.57 Å². The Morgan fingerprint density at radius 1 is 1.19 bits per heavy atom. The van der Waals surface area contributed by atoms with E-state index in [1.54, 1.807) is 11.8 Å². The molecule has 0 unspecified atom stereocenters. The summed E-state index contributed by atoms with van der Waals surface area (Å²) in [6.07, 6.45) is -0.774. The average Bonchev–Trinajstić information content (AvgIpc) is 3.18. The highest BCUT2D eigenvalue weighted by atomic mass is 32.1. The molecule has 32 heavy (non-hydrogen) atoms. The zero-order chi connectivity index (χ0) is 22.8. The van der Waals surface area contributed by atoms with Crippen molar-refractivity contribution in [3.63, 3.8) is 0 Å². The maximum Gasteiger partial charge on any atom is 0.390 e. The Kier molecular flexibility index (Phi) is 4.95.